The zero-order valence-corrected chi connectivity index (χ0v) is 8.03. The van der Waals surface area contributed by atoms with Crippen molar-refractivity contribution in [3.05, 3.63) is 36.0 Å². The molecule has 1 aromatic heterocycles. The van der Waals surface area contributed by atoms with Gasteiger partial charge in [-0.1, -0.05) is 6.07 Å². The Labute approximate surface area is 82.3 Å². The van der Waals surface area contributed by atoms with Crippen LogP contribution in [-0.4, -0.2) is 23.8 Å². The van der Waals surface area contributed by atoms with Gasteiger partial charge >= 0.3 is 0 Å². The van der Waals surface area contributed by atoms with E-state index < -0.39 is 6.10 Å². The zero-order valence-electron chi connectivity index (χ0n) is 8.03. The van der Waals surface area contributed by atoms with E-state index in [9.17, 15) is 5.11 Å². The minimum absolute atomic E-state index is 0.329. The predicted octanol–water partition coefficient (Wildman–Crippen LogP) is 1.85. The fourth-order valence-electron chi connectivity index (χ4n) is 1.53. The van der Waals surface area contributed by atoms with Gasteiger partial charge in [-0.15, -0.1) is 0 Å². The van der Waals surface area contributed by atoms with E-state index in [0.717, 1.165) is 16.5 Å². The molecule has 0 saturated carbocycles. The highest BCUT2D eigenvalue weighted by molar-refractivity contribution is 5.79. The predicted molar refractivity (Wildman–Crippen MR) is 55.1 cm³/mol. The number of aromatic nitrogens is 1. The molecule has 0 saturated heterocycles. The summed E-state index contributed by atoms with van der Waals surface area (Å²) in [5, 5.41) is 10.8. The van der Waals surface area contributed by atoms with E-state index in [0.29, 0.717) is 6.61 Å². The topological polar surface area (TPSA) is 45.2 Å². The number of hydrogen-bond acceptors (Lipinski definition) is 2. The standard InChI is InChI=1S/C11H13NO2/c1-14-7-11(13)9-2-3-10-8(6-9)4-5-12-10/h2-6,11-13H,7H2,1H3. The molecule has 1 atom stereocenters. The van der Waals surface area contributed by atoms with Crippen LogP contribution in [0, 0.1) is 0 Å². The summed E-state index contributed by atoms with van der Waals surface area (Å²) in [5.41, 5.74) is 1.97. The monoisotopic (exact) mass is 191 g/mol. The largest absolute Gasteiger partial charge is 0.386 e. The Hall–Kier alpha value is -1.32. The molecule has 3 heteroatoms. The Balaban J connectivity index is 2.33. The first-order valence-corrected chi connectivity index (χ1v) is 4.55. The molecular formula is C11H13NO2. The van der Waals surface area contributed by atoms with Gasteiger partial charge in [-0.25, -0.2) is 0 Å². The fraction of sp³-hybridized carbons (Fsp3) is 0.273. The number of aliphatic hydroxyl groups excluding tert-OH is 1. The van der Waals surface area contributed by atoms with E-state index in [1.54, 1.807) is 7.11 Å². The van der Waals surface area contributed by atoms with Crippen LogP contribution in [0.3, 0.4) is 0 Å². The Morgan fingerprint density at radius 3 is 3.07 bits per heavy atom. The molecule has 1 aromatic carbocycles. The lowest BCUT2D eigenvalue weighted by Crippen LogP contribution is -2.04. The summed E-state index contributed by atoms with van der Waals surface area (Å²) >= 11 is 0. The van der Waals surface area contributed by atoms with E-state index >= 15 is 0 Å². The lowest BCUT2D eigenvalue weighted by Gasteiger charge is -2.09. The van der Waals surface area contributed by atoms with Crippen molar-refractivity contribution in [2.45, 2.75) is 6.10 Å². The molecule has 0 radical (unpaired) electrons. The van der Waals surface area contributed by atoms with Crippen molar-refractivity contribution in [2.75, 3.05) is 13.7 Å². The van der Waals surface area contributed by atoms with Crippen molar-refractivity contribution in [1.29, 1.82) is 0 Å². The first-order valence-electron chi connectivity index (χ1n) is 4.55. The summed E-state index contributed by atoms with van der Waals surface area (Å²) in [5.74, 6) is 0. The molecule has 3 nitrogen and oxygen atoms in total. The van der Waals surface area contributed by atoms with E-state index in [1.165, 1.54) is 0 Å². The van der Waals surface area contributed by atoms with Crippen molar-refractivity contribution in [2.24, 2.45) is 0 Å². The molecule has 2 N–H and O–H groups in total. The van der Waals surface area contributed by atoms with Crippen LogP contribution in [0.4, 0.5) is 0 Å². The van der Waals surface area contributed by atoms with Crippen molar-refractivity contribution >= 4 is 10.9 Å². The van der Waals surface area contributed by atoms with Crippen molar-refractivity contribution in [3.63, 3.8) is 0 Å². The molecule has 0 spiro atoms. The van der Waals surface area contributed by atoms with Crippen LogP contribution in [0.5, 0.6) is 0 Å². The quantitative estimate of drug-likeness (QED) is 0.777. The summed E-state index contributed by atoms with van der Waals surface area (Å²) < 4.78 is 4.89. The molecule has 74 valence electrons. The second-order valence-corrected chi connectivity index (χ2v) is 3.30. The van der Waals surface area contributed by atoms with E-state index in [4.69, 9.17) is 4.74 Å². The fourth-order valence-corrected chi connectivity index (χ4v) is 1.53. The number of nitrogens with one attached hydrogen (secondary N) is 1. The van der Waals surface area contributed by atoms with Crippen LogP contribution >= 0.6 is 0 Å². The Morgan fingerprint density at radius 2 is 2.29 bits per heavy atom. The molecule has 14 heavy (non-hydrogen) atoms. The van der Waals surface area contributed by atoms with Crippen molar-refractivity contribution in [1.82, 2.24) is 4.98 Å². The molecule has 0 amide bonds. The second-order valence-electron chi connectivity index (χ2n) is 3.30. The first kappa shape index (κ1) is 9.24. The van der Waals surface area contributed by atoms with Crippen LogP contribution in [0.2, 0.25) is 0 Å². The molecule has 0 aliphatic heterocycles. The van der Waals surface area contributed by atoms with Gasteiger partial charge in [-0.3, -0.25) is 0 Å². The highest BCUT2D eigenvalue weighted by Crippen LogP contribution is 2.19. The van der Waals surface area contributed by atoms with Crippen LogP contribution in [0.1, 0.15) is 11.7 Å². The van der Waals surface area contributed by atoms with Gasteiger partial charge in [-0.05, 0) is 29.1 Å². The smallest absolute Gasteiger partial charge is 0.102 e. The molecule has 0 fully saturated rings. The maximum Gasteiger partial charge on any atom is 0.102 e. The van der Waals surface area contributed by atoms with Gasteiger partial charge in [0.25, 0.3) is 0 Å². The number of H-pyrrole nitrogens is 1. The summed E-state index contributed by atoms with van der Waals surface area (Å²) in [6.07, 6.45) is 1.34. The SMILES string of the molecule is COCC(O)c1ccc2[nH]ccc2c1. The number of aromatic amines is 1. The molecule has 1 unspecified atom stereocenters. The summed E-state index contributed by atoms with van der Waals surface area (Å²) in [6, 6.07) is 7.82. The van der Waals surface area contributed by atoms with Gasteiger partial charge in [0.1, 0.15) is 6.10 Å². The molecular weight excluding hydrogens is 178 g/mol. The highest BCUT2D eigenvalue weighted by atomic mass is 16.5. The van der Waals surface area contributed by atoms with E-state index in [1.807, 2.05) is 30.5 Å². The average molecular weight is 191 g/mol. The lowest BCUT2D eigenvalue weighted by atomic mass is 10.1. The van der Waals surface area contributed by atoms with Gasteiger partial charge in [0.05, 0.1) is 6.61 Å². The number of aliphatic hydroxyl groups is 1. The van der Waals surface area contributed by atoms with Gasteiger partial charge in [-0.2, -0.15) is 0 Å². The Kier molecular flexibility index (Phi) is 2.52. The Morgan fingerprint density at radius 1 is 1.43 bits per heavy atom. The van der Waals surface area contributed by atoms with Crippen LogP contribution in [0.15, 0.2) is 30.5 Å². The van der Waals surface area contributed by atoms with Gasteiger partial charge in [0.2, 0.25) is 0 Å². The van der Waals surface area contributed by atoms with Crippen LogP contribution in [0.25, 0.3) is 10.9 Å². The van der Waals surface area contributed by atoms with E-state index in [2.05, 4.69) is 4.98 Å². The molecule has 0 aliphatic rings. The third-order valence-electron chi connectivity index (χ3n) is 2.29. The second kappa shape index (κ2) is 3.82. The molecule has 0 aliphatic carbocycles. The molecule has 2 aromatic rings. The average Bonchev–Trinajstić information content (AvgIpc) is 2.64. The minimum Gasteiger partial charge on any atom is -0.386 e. The summed E-state index contributed by atoms with van der Waals surface area (Å²) in [6.45, 7) is 0.329. The van der Waals surface area contributed by atoms with Gasteiger partial charge in [0, 0.05) is 18.8 Å². The van der Waals surface area contributed by atoms with E-state index in [-0.39, 0.29) is 0 Å². The number of fused-ring (bicyclic) bond motifs is 1. The third kappa shape index (κ3) is 1.64. The van der Waals surface area contributed by atoms with Crippen molar-refractivity contribution in [3.8, 4) is 0 Å². The number of benzene rings is 1. The molecule has 1 heterocycles. The highest BCUT2D eigenvalue weighted by Gasteiger charge is 2.07. The van der Waals surface area contributed by atoms with Crippen LogP contribution in [-0.2, 0) is 4.74 Å². The first-order chi connectivity index (χ1) is 6.81. The molecule has 2 rings (SSSR count). The zero-order chi connectivity index (χ0) is 9.97. The number of ether oxygens (including phenoxy) is 1. The number of rotatable bonds is 3. The maximum atomic E-state index is 9.68. The van der Waals surface area contributed by atoms with Gasteiger partial charge < -0.3 is 14.8 Å². The summed E-state index contributed by atoms with van der Waals surface area (Å²) in [7, 11) is 1.58. The maximum absolute atomic E-state index is 9.68. The van der Waals surface area contributed by atoms with Crippen LogP contribution < -0.4 is 0 Å². The Bertz CT molecular complexity index is 422. The molecule has 0 bridgehead atoms. The van der Waals surface area contributed by atoms with Gasteiger partial charge in [0.15, 0.2) is 0 Å². The lowest BCUT2D eigenvalue weighted by molar-refractivity contribution is 0.0645. The normalized spacial score (nSPS) is 13.3. The van der Waals surface area contributed by atoms with Crippen molar-refractivity contribution < 1.29 is 9.84 Å². The number of methoxy groups -OCH3 is 1. The third-order valence-corrected chi connectivity index (χ3v) is 2.29. The minimum atomic E-state index is -0.542. The number of hydrogen-bond donors (Lipinski definition) is 2. The summed E-state index contributed by atoms with van der Waals surface area (Å²) in [4.78, 5) is 3.10.